The van der Waals surface area contributed by atoms with Gasteiger partial charge in [-0.2, -0.15) is 0 Å². The van der Waals surface area contributed by atoms with Crippen LogP contribution in [0.5, 0.6) is 0 Å². The highest BCUT2D eigenvalue weighted by Crippen LogP contribution is 2.39. The number of hydrogen-bond donors (Lipinski definition) is 0. The van der Waals surface area contributed by atoms with Gasteiger partial charge >= 0.3 is 0 Å². The third-order valence-electron chi connectivity index (χ3n) is 6.04. The zero-order chi connectivity index (χ0) is 19.2. The first kappa shape index (κ1) is 20.7. The van der Waals surface area contributed by atoms with Crippen LogP contribution in [0.15, 0.2) is 12.1 Å². The number of benzene rings is 1. The number of hydrogen-bond acceptors (Lipinski definition) is 3. The van der Waals surface area contributed by atoms with E-state index in [9.17, 15) is 8.78 Å². The second-order valence-corrected chi connectivity index (χ2v) is 8.05. The Bertz CT molecular complexity index is 568. The van der Waals surface area contributed by atoms with Gasteiger partial charge in [0.15, 0.2) is 6.29 Å². The molecule has 1 aliphatic carbocycles. The minimum atomic E-state index is -0.508. The molecular weight excluding hydrogens is 350 g/mol. The Morgan fingerprint density at radius 1 is 1.04 bits per heavy atom. The van der Waals surface area contributed by atoms with E-state index in [2.05, 4.69) is 6.92 Å². The Kier molecular flexibility index (Phi) is 7.62. The number of methoxy groups -OCH3 is 1. The SMILES string of the molecule is CCCC[C@H]1CO[C@H]([C@H]2CC[C@H](c3cc(F)c(COC)c(F)c3)CC2)OC1. The van der Waals surface area contributed by atoms with Crippen LogP contribution in [-0.2, 0) is 20.8 Å². The molecule has 152 valence electrons. The van der Waals surface area contributed by atoms with Gasteiger partial charge in [0.2, 0.25) is 0 Å². The quantitative estimate of drug-likeness (QED) is 0.617. The molecule has 3 rings (SSSR count). The van der Waals surface area contributed by atoms with Crippen LogP contribution in [0, 0.1) is 23.5 Å². The maximum Gasteiger partial charge on any atom is 0.160 e. The molecule has 0 radical (unpaired) electrons. The van der Waals surface area contributed by atoms with Crippen molar-refractivity contribution in [1.82, 2.24) is 0 Å². The molecule has 1 aromatic carbocycles. The van der Waals surface area contributed by atoms with Crippen LogP contribution in [0.3, 0.4) is 0 Å². The predicted molar refractivity (Wildman–Crippen MR) is 100 cm³/mol. The Hall–Kier alpha value is -1.04. The minimum absolute atomic E-state index is 0.0107. The molecule has 0 bridgehead atoms. The second-order valence-electron chi connectivity index (χ2n) is 8.05. The van der Waals surface area contributed by atoms with Crippen LogP contribution >= 0.6 is 0 Å². The van der Waals surface area contributed by atoms with E-state index in [4.69, 9.17) is 14.2 Å². The highest BCUT2D eigenvalue weighted by Gasteiger charge is 2.33. The first-order chi connectivity index (χ1) is 13.1. The van der Waals surface area contributed by atoms with E-state index in [0.29, 0.717) is 11.8 Å². The number of ether oxygens (including phenoxy) is 3. The van der Waals surface area contributed by atoms with Gasteiger partial charge in [-0.05, 0) is 55.7 Å². The number of unbranched alkanes of at least 4 members (excludes halogenated alkanes) is 1. The monoisotopic (exact) mass is 382 g/mol. The molecule has 2 fully saturated rings. The summed E-state index contributed by atoms with van der Waals surface area (Å²) >= 11 is 0. The van der Waals surface area contributed by atoms with Crippen molar-refractivity contribution in [2.75, 3.05) is 20.3 Å². The number of rotatable bonds is 7. The van der Waals surface area contributed by atoms with Gasteiger partial charge in [-0.15, -0.1) is 0 Å². The van der Waals surface area contributed by atoms with Crippen molar-refractivity contribution in [2.45, 2.75) is 70.7 Å². The molecule has 0 unspecified atom stereocenters. The van der Waals surface area contributed by atoms with Gasteiger partial charge in [-0.25, -0.2) is 8.78 Å². The van der Waals surface area contributed by atoms with Crippen molar-refractivity contribution in [1.29, 1.82) is 0 Å². The van der Waals surface area contributed by atoms with Gasteiger partial charge in [0.1, 0.15) is 11.6 Å². The lowest BCUT2D eigenvalue weighted by molar-refractivity contribution is -0.229. The smallest absolute Gasteiger partial charge is 0.160 e. The lowest BCUT2D eigenvalue weighted by Crippen LogP contribution is -2.38. The third kappa shape index (κ3) is 5.27. The summed E-state index contributed by atoms with van der Waals surface area (Å²) in [5.74, 6) is 0.0877. The first-order valence-corrected chi connectivity index (χ1v) is 10.3. The lowest BCUT2D eigenvalue weighted by Gasteiger charge is -2.37. The molecule has 1 saturated heterocycles. The first-order valence-electron chi connectivity index (χ1n) is 10.3. The summed E-state index contributed by atoms with van der Waals surface area (Å²) in [6.45, 7) is 3.75. The average Bonchev–Trinajstić information content (AvgIpc) is 2.69. The molecule has 0 N–H and O–H groups in total. The van der Waals surface area contributed by atoms with Crippen molar-refractivity contribution < 1.29 is 23.0 Å². The summed E-state index contributed by atoms with van der Waals surface area (Å²) in [7, 11) is 1.44. The Labute approximate surface area is 161 Å². The van der Waals surface area contributed by atoms with Crippen LogP contribution in [0.25, 0.3) is 0 Å². The molecule has 1 heterocycles. The topological polar surface area (TPSA) is 27.7 Å². The van der Waals surface area contributed by atoms with E-state index in [1.807, 2.05) is 0 Å². The number of halogens is 2. The summed E-state index contributed by atoms with van der Waals surface area (Å²) in [6, 6.07) is 2.96. The van der Waals surface area contributed by atoms with Gasteiger partial charge in [0.05, 0.1) is 19.8 Å². The van der Waals surface area contributed by atoms with Crippen LogP contribution in [0.2, 0.25) is 0 Å². The highest BCUT2D eigenvalue weighted by molar-refractivity contribution is 5.28. The molecule has 1 aromatic rings. The summed E-state index contributed by atoms with van der Waals surface area (Å²) in [5, 5.41) is 0. The molecular formula is C22H32F2O3. The van der Waals surface area contributed by atoms with Crippen molar-refractivity contribution in [2.24, 2.45) is 11.8 Å². The fourth-order valence-corrected chi connectivity index (χ4v) is 4.35. The normalized spacial score (nSPS) is 29.0. The standard InChI is InChI=1S/C22H32F2O3/c1-3-4-5-15-12-26-22(27-13-15)17-8-6-16(7-9-17)18-10-20(23)19(14-25-2)21(24)11-18/h10-11,15-17,22H,3-9,12-14H2,1-2H3/t15-,16-,17-,22-. The molecule has 0 atom stereocenters. The largest absolute Gasteiger partial charge is 0.380 e. The predicted octanol–water partition coefficient (Wildman–Crippen LogP) is 5.56. The fraction of sp³-hybridized carbons (Fsp3) is 0.727. The van der Waals surface area contributed by atoms with E-state index in [1.165, 1.54) is 38.5 Å². The molecule has 1 saturated carbocycles. The molecule has 0 spiro atoms. The van der Waals surface area contributed by atoms with Gasteiger partial charge in [-0.3, -0.25) is 0 Å². The summed E-state index contributed by atoms with van der Waals surface area (Å²) in [4.78, 5) is 0. The van der Waals surface area contributed by atoms with Crippen molar-refractivity contribution in [3.8, 4) is 0 Å². The minimum Gasteiger partial charge on any atom is -0.380 e. The maximum absolute atomic E-state index is 14.2. The Balaban J connectivity index is 1.51. The van der Waals surface area contributed by atoms with Crippen molar-refractivity contribution in [3.05, 3.63) is 34.9 Å². The van der Waals surface area contributed by atoms with Gasteiger partial charge in [0.25, 0.3) is 0 Å². The highest BCUT2D eigenvalue weighted by atomic mass is 19.1. The van der Waals surface area contributed by atoms with Crippen molar-refractivity contribution >= 4 is 0 Å². The maximum atomic E-state index is 14.2. The molecule has 3 nitrogen and oxygen atoms in total. The lowest BCUT2D eigenvalue weighted by atomic mass is 9.78. The van der Waals surface area contributed by atoms with E-state index < -0.39 is 11.6 Å². The van der Waals surface area contributed by atoms with Crippen LogP contribution in [0.1, 0.15) is 68.9 Å². The van der Waals surface area contributed by atoms with E-state index >= 15 is 0 Å². The van der Waals surface area contributed by atoms with Gasteiger partial charge in [-0.1, -0.05) is 19.8 Å². The second kappa shape index (κ2) is 9.94. The van der Waals surface area contributed by atoms with Gasteiger partial charge < -0.3 is 14.2 Å². The molecule has 5 heteroatoms. The zero-order valence-corrected chi connectivity index (χ0v) is 16.5. The molecule has 2 aliphatic rings. The fourth-order valence-electron chi connectivity index (χ4n) is 4.35. The summed E-state index contributed by atoms with van der Waals surface area (Å²) in [6.07, 6.45) is 7.26. The van der Waals surface area contributed by atoms with Crippen LogP contribution in [-0.4, -0.2) is 26.6 Å². The molecule has 27 heavy (non-hydrogen) atoms. The molecule has 1 aliphatic heterocycles. The van der Waals surface area contributed by atoms with E-state index in [0.717, 1.165) is 44.5 Å². The Morgan fingerprint density at radius 2 is 1.67 bits per heavy atom. The van der Waals surface area contributed by atoms with Crippen LogP contribution in [0.4, 0.5) is 8.78 Å². The van der Waals surface area contributed by atoms with E-state index in [1.54, 1.807) is 0 Å². The molecule has 0 amide bonds. The average molecular weight is 382 g/mol. The third-order valence-corrected chi connectivity index (χ3v) is 6.04. The Morgan fingerprint density at radius 3 is 2.22 bits per heavy atom. The molecule has 0 aromatic heterocycles. The van der Waals surface area contributed by atoms with Crippen LogP contribution < -0.4 is 0 Å². The zero-order valence-electron chi connectivity index (χ0n) is 16.5. The summed E-state index contributed by atoms with van der Waals surface area (Å²) in [5.41, 5.74) is 0.769. The van der Waals surface area contributed by atoms with Gasteiger partial charge in [0, 0.05) is 24.5 Å². The summed E-state index contributed by atoms with van der Waals surface area (Å²) < 4.78 is 45.2. The van der Waals surface area contributed by atoms with Crippen molar-refractivity contribution in [3.63, 3.8) is 0 Å². The van der Waals surface area contributed by atoms with E-state index in [-0.39, 0.29) is 24.4 Å².